The van der Waals surface area contributed by atoms with E-state index in [-0.39, 0.29) is 23.5 Å². The Hall–Kier alpha value is -1.96. The summed E-state index contributed by atoms with van der Waals surface area (Å²) in [5.41, 5.74) is -5.72. The Bertz CT molecular complexity index is 818. The van der Waals surface area contributed by atoms with Gasteiger partial charge in [0.15, 0.2) is 11.6 Å². The fourth-order valence-electron chi connectivity index (χ4n) is 2.26. The van der Waals surface area contributed by atoms with Crippen molar-refractivity contribution < 1.29 is 54.9 Å². The summed E-state index contributed by atoms with van der Waals surface area (Å²) >= 11 is -0.0838. The third-order valence-electron chi connectivity index (χ3n) is 3.25. The Kier molecular flexibility index (Phi) is 5.95. The average molecular weight is 454 g/mol. The van der Waals surface area contributed by atoms with Crippen LogP contribution >= 0.6 is 23.5 Å². The van der Waals surface area contributed by atoms with Crippen molar-refractivity contribution in [1.29, 1.82) is 0 Å². The molecule has 154 valence electrons. The number of fused-ring (bicyclic) bond motifs is 1. The fraction of sp³-hybridized carbons (Fsp3) is 0.286. The van der Waals surface area contributed by atoms with Gasteiger partial charge in [-0.2, -0.15) is 26.3 Å². The molecule has 0 aromatic heterocycles. The molecule has 4 nitrogen and oxygen atoms in total. The van der Waals surface area contributed by atoms with Crippen molar-refractivity contribution in [3.05, 3.63) is 32.6 Å². The Labute approximate surface area is 158 Å². The molecular weight excluding hydrogens is 448 g/mol. The van der Waals surface area contributed by atoms with Gasteiger partial charge in [0.2, 0.25) is 0 Å². The molecule has 0 radical (unpaired) electrons. The van der Waals surface area contributed by atoms with Crippen LogP contribution in [0.1, 0.15) is 24.0 Å². The van der Waals surface area contributed by atoms with Gasteiger partial charge in [0.05, 0.1) is 22.6 Å². The number of carbonyl (C=O) groups is 2. The van der Waals surface area contributed by atoms with Crippen LogP contribution in [0.15, 0.2) is 19.6 Å². The van der Waals surface area contributed by atoms with E-state index in [0.29, 0.717) is 0 Å². The van der Waals surface area contributed by atoms with Crippen LogP contribution in [0.3, 0.4) is 0 Å². The molecule has 0 fully saturated rings. The van der Waals surface area contributed by atoms with E-state index in [1.807, 2.05) is 0 Å². The van der Waals surface area contributed by atoms with Gasteiger partial charge in [-0.3, -0.25) is 9.59 Å². The fourth-order valence-corrected chi connectivity index (χ4v) is 4.77. The Morgan fingerprint density at radius 3 is 1.21 bits per heavy atom. The van der Waals surface area contributed by atoms with Crippen molar-refractivity contribution in [3.8, 4) is 0 Å². The predicted molar refractivity (Wildman–Crippen MR) is 79.6 cm³/mol. The quantitative estimate of drug-likeness (QED) is 0.597. The van der Waals surface area contributed by atoms with Gasteiger partial charge in [0, 0.05) is 9.81 Å². The summed E-state index contributed by atoms with van der Waals surface area (Å²) in [6.07, 6.45) is -13.7. The lowest BCUT2D eigenvalue weighted by Gasteiger charge is -2.26. The Morgan fingerprint density at radius 2 is 1.00 bits per heavy atom. The normalized spacial score (nSPS) is 14.9. The van der Waals surface area contributed by atoms with Crippen LogP contribution in [0.5, 0.6) is 0 Å². The maximum Gasteiger partial charge on any atom is 0.419 e. The smallest absolute Gasteiger partial charge is 0.419 e. The van der Waals surface area contributed by atoms with Gasteiger partial charge in [-0.05, 0) is 0 Å². The number of benzene rings is 1. The highest BCUT2D eigenvalue weighted by Crippen LogP contribution is 2.55. The molecule has 0 unspecified atom stereocenters. The first-order chi connectivity index (χ1) is 12.6. The van der Waals surface area contributed by atoms with Crippen LogP contribution in [-0.4, -0.2) is 22.2 Å². The number of rotatable bonds is 4. The standard InChI is InChI=1S/C14H6F8O4S2/c15-9-7(13(17,18)19)8(14(20,21)22)10(16)12-11(9)27-3(1-5(23)24)4(28-12)2-6(25)26/h1-2H2,(H,23,24)(H,25,26). The van der Waals surface area contributed by atoms with E-state index in [4.69, 9.17) is 10.2 Å². The first-order valence-corrected chi connectivity index (χ1v) is 8.48. The SMILES string of the molecule is O=C(O)CC1=C(CC(=O)O)Sc2c(F)c(C(F)(F)F)c(C(F)(F)F)c(F)c2S1. The molecule has 0 saturated carbocycles. The zero-order valence-corrected chi connectivity index (χ0v) is 14.6. The van der Waals surface area contributed by atoms with Gasteiger partial charge in [0.25, 0.3) is 0 Å². The zero-order valence-electron chi connectivity index (χ0n) is 13.0. The lowest BCUT2D eigenvalue weighted by atomic mass is 10.0. The van der Waals surface area contributed by atoms with Crippen molar-refractivity contribution in [2.45, 2.75) is 35.0 Å². The van der Waals surface area contributed by atoms with E-state index in [1.54, 1.807) is 0 Å². The summed E-state index contributed by atoms with van der Waals surface area (Å²) < 4.78 is 107. The van der Waals surface area contributed by atoms with E-state index in [0.717, 1.165) is 0 Å². The van der Waals surface area contributed by atoms with Gasteiger partial charge in [0.1, 0.15) is 11.1 Å². The van der Waals surface area contributed by atoms with E-state index >= 15 is 0 Å². The number of alkyl halides is 6. The highest BCUT2D eigenvalue weighted by Gasteiger charge is 2.50. The van der Waals surface area contributed by atoms with E-state index < -0.39 is 79.5 Å². The number of carboxylic acids is 2. The van der Waals surface area contributed by atoms with Gasteiger partial charge < -0.3 is 10.2 Å². The first kappa shape index (κ1) is 22.3. The van der Waals surface area contributed by atoms with Crippen LogP contribution in [0.4, 0.5) is 35.1 Å². The maximum atomic E-state index is 14.4. The van der Waals surface area contributed by atoms with E-state index in [2.05, 4.69) is 0 Å². The molecule has 0 aliphatic carbocycles. The largest absolute Gasteiger partial charge is 0.481 e. The molecule has 0 atom stereocenters. The highest BCUT2D eigenvalue weighted by molar-refractivity contribution is 8.09. The third-order valence-corrected chi connectivity index (χ3v) is 5.95. The monoisotopic (exact) mass is 454 g/mol. The molecule has 1 heterocycles. The van der Waals surface area contributed by atoms with E-state index in [9.17, 15) is 44.7 Å². The summed E-state index contributed by atoms with van der Waals surface area (Å²) in [4.78, 5) is 18.5. The van der Waals surface area contributed by atoms with Gasteiger partial charge in [-0.1, -0.05) is 23.5 Å². The number of carboxylic acid groups (broad SMARTS) is 2. The lowest BCUT2D eigenvalue weighted by Crippen LogP contribution is -2.23. The molecular formula is C14H6F8O4S2. The molecule has 28 heavy (non-hydrogen) atoms. The second kappa shape index (κ2) is 7.46. The molecule has 1 aromatic carbocycles. The molecule has 1 aliphatic heterocycles. The predicted octanol–water partition coefficient (Wildman–Crippen LogP) is 5.36. The molecule has 1 aromatic rings. The minimum absolute atomic E-state index is 0.0419. The Balaban J connectivity index is 2.80. The second-order valence-corrected chi connectivity index (χ2v) is 7.43. The average Bonchev–Trinajstić information content (AvgIpc) is 2.48. The van der Waals surface area contributed by atoms with E-state index in [1.165, 1.54) is 0 Å². The summed E-state index contributed by atoms with van der Waals surface area (Å²) in [5, 5.41) is 17.6. The van der Waals surface area contributed by atoms with Crippen molar-refractivity contribution in [1.82, 2.24) is 0 Å². The first-order valence-electron chi connectivity index (χ1n) is 6.85. The van der Waals surface area contributed by atoms with Gasteiger partial charge >= 0.3 is 24.3 Å². The van der Waals surface area contributed by atoms with Crippen molar-refractivity contribution in [2.75, 3.05) is 0 Å². The number of thioether (sulfide) groups is 2. The molecule has 2 N–H and O–H groups in total. The summed E-state index contributed by atoms with van der Waals surface area (Å²) in [6, 6.07) is 0. The van der Waals surface area contributed by atoms with Crippen molar-refractivity contribution >= 4 is 35.5 Å². The zero-order chi connectivity index (χ0) is 21.6. The molecule has 0 saturated heterocycles. The van der Waals surface area contributed by atoms with Crippen molar-refractivity contribution in [2.24, 2.45) is 0 Å². The molecule has 0 spiro atoms. The van der Waals surface area contributed by atoms with Crippen molar-refractivity contribution in [3.63, 3.8) is 0 Å². The second-order valence-electron chi connectivity index (χ2n) is 5.22. The van der Waals surface area contributed by atoms with Crippen LogP contribution < -0.4 is 0 Å². The highest BCUT2D eigenvalue weighted by atomic mass is 32.2. The number of hydrogen-bond acceptors (Lipinski definition) is 4. The molecule has 0 amide bonds. The minimum atomic E-state index is -5.89. The molecule has 0 bridgehead atoms. The van der Waals surface area contributed by atoms with Crippen LogP contribution in [0, 0.1) is 11.6 Å². The maximum absolute atomic E-state index is 14.4. The van der Waals surface area contributed by atoms with Crippen LogP contribution in [0.2, 0.25) is 0 Å². The summed E-state index contributed by atoms with van der Waals surface area (Å²) in [7, 11) is 0. The number of hydrogen-bond donors (Lipinski definition) is 2. The summed E-state index contributed by atoms with van der Waals surface area (Å²) in [5.74, 6) is -7.94. The Morgan fingerprint density at radius 1 is 0.714 bits per heavy atom. The molecule has 1 aliphatic rings. The summed E-state index contributed by atoms with van der Waals surface area (Å²) in [6.45, 7) is 0. The number of halogens is 8. The lowest BCUT2D eigenvalue weighted by molar-refractivity contribution is -0.166. The van der Waals surface area contributed by atoms with Crippen LogP contribution in [-0.2, 0) is 21.9 Å². The molecule has 14 heteroatoms. The van der Waals surface area contributed by atoms with Gasteiger partial charge in [-0.15, -0.1) is 0 Å². The van der Waals surface area contributed by atoms with Gasteiger partial charge in [-0.25, -0.2) is 8.78 Å². The topological polar surface area (TPSA) is 74.6 Å². The minimum Gasteiger partial charge on any atom is -0.481 e. The van der Waals surface area contributed by atoms with Crippen LogP contribution in [0.25, 0.3) is 0 Å². The number of aliphatic carboxylic acids is 2. The molecule has 2 rings (SSSR count). The third kappa shape index (κ3) is 4.37.